The second-order valence-corrected chi connectivity index (χ2v) is 7.18. The number of hydrogen-bond donors (Lipinski definition) is 2. The van der Waals surface area contributed by atoms with E-state index >= 15 is 0 Å². The molecule has 1 aromatic carbocycles. The zero-order chi connectivity index (χ0) is 16.9. The van der Waals surface area contributed by atoms with Crippen molar-refractivity contribution in [1.29, 1.82) is 0 Å². The van der Waals surface area contributed by atoms with E-state index in [2.05, 4.69) is 20.5 Å². The molecule has 3 rings (SSSR count). The van der Waals surface area contributed by atoms with E-state index in [1.807, 2.05) is 0 Å². The maximum atomic E-state index is 13.7. The molecule has 2 aromatic rings. The van der Waals surface area contributed by atoms with Crippen LogP contribution >= 0.6 is 11.8 Å². The summed E-state index contributed by atoms with van der Waals surface area (Å²) in [6.45, 7) is 1.80. The molecule has 0 aliphatic heterocycles. The number of anilines is 1. The van der Waals surface area contributed by atoms with Crippen molar-refractivity contribution in [3.63, 3.8) is 0 Å². The van der Waals surface area contributed by atoms with Crippen LogP contribution in [-0.2, 0) is 11.2 Å². The second kappa shape index (κ2) is 7.79. The fourth-order valence-corrected chi connectivity index (χ4v) is 3.58. The Kier molecular flexibility index (Phi) is 5.50. The lowest BCUT2D eigenvalue weighted by Gasteiger charge is -2.06. The van der Waals surface area contributed by atoms with Crippen LogP contribution in [0.25, 0.3) is 0 Å². The Hall–Kier alpha value is -1.89. The van der Waals surface area contributed by atoms with E-state index in [0.29, 0.717) is 11.1 Å². The molecule has 1 fully saturated rings. The van der Waals surface area contributed by atoms with Crippen molar-refractivity contribution >= 4 is 23.4 Å². The molecule has 1 saturated carbocycles. The molecule has 2 N–H and O–H groups in total. The molecule has 5 nitrogen and oxygen atoms in total. The number of carbonyl (C=O) groups excluding carboxylic acids is 1. The van der Waals surface area contributed by atoms with Gasteiger partial charge in [-0.15, -0.1) is 5.10 Å². The fourth-order valence-electron chi connectivity index (χ4n) is 2.96. The summed E-state index contributed by atoms with van der Waals surface area (Å²) in [7, 11) is 0. The summed E-state index contributed by atoms with van der Waals surface area (Å²) in [5.74, 6) is 1.03. The van der Waals surface area contributed by atoms with Gasteiger partial charge in [0.2, 0.25) is 11.1 Å². The van der Waals surface area contributed by atoms with Crippen molar-refractivity contribution in [3.05, 3.63) is 35.4 Å². The molecule has 7 heteroatoms. The van der Waals surface area contributed by atoms with Crippen LogP contribution in [0.4, 0.5) is 10.1 Å². The van der Waals surface area contributed by atoms with Crippen LogP contribution in [0.3, 0.4) is 0 Å². The number of rotatable bonds is 6. The van der Waals surface area contributed by atoms with E-state index in [1.54, 1.807) is 19.1 Å². The van der Waals surface area contributed by atoms with Crippen molar-refractivity contribution in [2.24, 2.45) is 5.92 Å². The number of hydrogen-bond acceptors (Lipinski definition) is 4. The van der Waals surface area contributed by atoms with Crippen LogP contribution in [0.2, 0.25) is 0 Å². The zero-order valence-electron chi connectivity index (χ0n) is 13.6. The number of aryl methyl sites for hydroxylation is 1. The molecule has 24 heavy (non-hydrogen) atoms. The van der Waals surface area contributed by atoms with Crippen LogP contribution < -0.4 is 5.32 Å². The number of aromatic nitrogens is 3. The summed E-state index contributed by atoms with van der Waals surface area (Å²) in [4.78, 5) is 16.4. The maximum Gasteiger partial charge on any atom is 0.234 e. The Labute approximate surface area is 144 Å². The minimum absolute atomic E-state index is 0.147. The van der Waals surface area contributed by atoms with Gasteiger partial charge in [0, 0.05) is 6.42 Å². The molecule has 1 aliphatic carbocycles. The number of nitrogens with one attached hydrogen (secondary N) is 2. The first-order chi connectivity index (χ1) is 11.6. The van der Waals surface area contributed by atoms with Gasteiger partial charge in [-0.3, -0.25) is 9.89 Å². The summed E-state index contributed by atoms with van der Waals surface area (Å²) >= 11 is 1.25. The van der Waals surface area contributed by atoms with E-state index in [1.165, 1.54) is 43.5 Å². The van der Waals surface area contributed by atoms with Gasteiger partial charge >= 0.3 is 0 Å². The van der Waals surface area contributed by atoms with Crippen molar-refractivity contribution in [2.75, 3.05) is 11.1 Å². The third kappa shape index (κ3) is 4.56. The predicted octanol–water partition coefficient (Wildman–Crippen LogP) is 3.72. The molecule has 128 valence electrons. The van der Waals surface area contributed by atoms with Gasteiger partial charge in [-0.05, 0) is 30.5 Å². The van der Waals surface area contributed by atoms with E-state index in [4.69, 9.17) is 0 Å². The molecule has 1 amide bonds. The molecule has 0 atom stereocenters. The van der Waals surface area contributed by atoms with E-state index in [0.717, 1.165) is 17.8 Å². The summed E-state index contributed by atoms with van der Waals surface area (Å²) in [6.07, 6.45) is 6.04. The Morgan fingerprint density at radius 2 is 2.21 bits per heavy atom. The Balaban J connectivity index is 1.48. The molecule has 0 radical (unpaired) electrons. The van der Waals surface area contributed by atoms with E-state index in [-0.39, 0.29) is 17.3 Å². The highest BCUT2D eigenvalue weighted by Gasteiger charge is 2.17. The highest BCUT2D eigenvalue weighted by molar-refractivity contribution is 7.99. The first-order valence-electron chi connectivity index (χ1n) is 8.20. The van der Waals surface area contributed by atoms with E-state index < -0.39 is 5.82 Å². The van der Waals surface area contributed by atoms with Crippen LogP contribution in [-0.4, -0.2) is 26.8 Å². The zero-order valence-corrected chi connectivity index (χ0v) is 14.5. The van der Waals surface area contributed by atoms with Crippen LogP contribution in [0.15, 0.2) is 23.4 Å². The van der Waals surface area contributed by atoms with Gasteiger partial charge in [0.1, 0.15) is 11.6 Å². The predicted molar refractivity (Wildman–Crippen MR) is 92.5 cm³/mol. The molecule has 0 bridgehead atoms. The quantitative estimate of drug-likeness (QED) is 0.781. The molecule has 1 aromatic heterocycles. The SMILES string of the molecule is Cc1ccc(NC(=O)CSc2n[nH]c(CC3CCCC3)n2)c(F)c1. The van der Waals surface area contributed by atoms with Gasteiger partial charge < -0.3 is 5.32 Å². The molecule has 0 unspecified atom stereocenters. The highest BCUT2D eigenvalue weighted by atomic mass is 32.2. The van der Waals surface area contributed by atoms with Gasteiger partial charge in [0.25, 0.3) is 0 Å². The van der Waals surface area contributed by atoms with Gasteiger partial charge in [-0.1, -0.05) is 43.5 Å². The van der Waals surface area contributed by atoms with Crippen molar-refractivity contribution < 1.29 is 9.18 Å². The van der Waals surface area contributed by atoms with E-state index in [9.17, 15) is 9.18 Å². The number of benzene rings is 1. The van der Waals surface area contributed by atoms with Gasteiger partial charge in [0.05, 0.1) is 11.4 Å². The van der Waals surface area contributed by atoms with Gasteiger partial charge in [-0.25, -0.2) is 9.37 Å². The topological polar surface area (TPSA) is 70.7 Å². The van der Waals surface area contributed by atoms with Crippen molar-refractivity contribution in [3.8, 4) is 0 Å². The lowest BCUT2D eigenvalue weighted by atomic mass is 10.0. The monoisotopic (exact) mass is 348 g/mol. The standard InChI is InChI=1S/C17H21FN4OS/c1-11-6-7-14(13(18)8-11)19-16(23)10-24-17-20-15(21-22-17)9-12-4-2-3-5-12/h6-8,12H,2-5,9-10H2,1H3,(H,19,23)(H,20,21,22). The number of carbonyl (C=O) groups is 1. The minimum atomic E-state index is -0.426. The third-order valence-electron chi connectivity index (χ3n) is 4.20. The Morgan fingerprint density at radius 3 is 2.96 bits per heavy atom. The average Bonchev–Trinajstić information content (AvgIpc) is 3.20. The molecular weight excluding hydrogens is 327 g/mol. The van der Waals surface area contributed by atoms with Crippen molar-refractivity contribution in [1.82, 2.24) is 15.2 Å². The summed E-state index contributed by atoms with van der Waals surface area (Å²) in [5, 5.41) is 10.2. The third-order valence-corrected chi connectivity index (χ3v) is 5.05. The minimum Gasteiger partial charge on any atom is -0.323 e. The number of aromatic amines is 1. The van der Waals surface area contributed by atoms with Crippen LogP contribution in [0, 0.1) is 18.7 Å². The number of halogens is 1. The highest BCUT2D eigenvalue weighted by Crippen LogP contribution is 2.27. The fraction of sp³-hybridized carbons (Fsp3) is 0.471. The molecular formula is C17H21FN4OS. The lowest BCUT2D eigenvalue weighted by molar-refractivity contribution is -0.113. The van der Waals surface area contributed by atoms with Crippen LogP contribution in [0.5, 0.6) is 0 Å². The number of nitrogens with zero attached hydrogens (tertiary/aromatic N) is 2. The van der Waals surface area contributed by atoms with Crippen LogP contribution in [0.1, 0.15) is 37.1 Å². The molecule has 1 aliphatic rings. The first-order valence-corrected chi connectivity index (χ1v) is 9.19. The maximum absolute atomic E-state index is 13.7. The number of thioether (sulfide) groups is 1. The number of amides is 1. The van der Waals surface area contributed by atoms with Crippen molar-refractivity contribution in [2.45, 2.75) is 44.2 Å². The normalized spacial score (nSPS) is 14.9. The number of H-pyrrole nitrogens is 1. The summed E-state index contributed by atoms with van der Waals surface area (Å²) < 4.78 is 13.7. The first kappa shape index (κ1) is 17.0. The summed E-state index contributed by atoms with van der Waals surface area (Å²) in [6, 6.07) is 4.73. The second-order valence-electron chi connectivity index (χ2n) is 6.24. The van der Waals surface area contributed by atoms with Gasteiger partial charge in [0.15, 0.2) is 0 Å². The molecule has 0 saturated heterocycles. The molecule has 1 heterocycles. The van der Waals surface area contributed by atoms with Gasteiger partial charge in [-0.2, -0.15) is 0 Å². The lowest BCUT2D eigenvalue weighted by Crippen LogP contribution is -2.15. The Morgan fingerprint density at radius 1 is 1.42 bits per heavy atom. The summed E-state index contributed by atoms with van der Waals surface area (Å²) in [5.41, 5.74) is 1.01. The smallest absolute Gasteiger partial charge is 0.234 e. The Bertz CT molecular complexity index is 712. The molecule has 0 spiro atoms. The largest absolute Gasteiger partial charge is 0.323 e. The average molecular weight is 348 g/mol.